The van der Waals surface area contributed by atoms with Gasteiger partial charge in [0.15, 0.2) is 0 Å². The number of hydrogen-bond donors (Lipinski definition) is 1. The Labute approximate surface area is 117 Å². The minimum atomic E-state index is 0.608. The van der Waals surface area contributed by atoms with Crippen LogP contribution in [-0.2, 0) is 6.42 Å². The van der Waals surface area contributed by atoms with Crippen molar-refractivity contribution in [2.24, 2.45) is 5.73 Å². The Kier molecular flexibility index (Phi) is 3.39. The molecule has 0 aliphatic heterocycles. The lowest BCUT2D eigenvalue weighted by Gasteiger charge is -2.06. The highest BCUT2D eigenvalue weighted by molar-refractivity contribution is 5.69. The number of nitrogens with two attached hydrogens (primary N) is 1. The maximum Gasteiger partial charge on any atom is 0.119 e. The van der Waals surface area contributed by atoms with Crippen LogP contribution in [-0.4, -0.2) is 23.0 Å². The molecule has 4 nitrogen and oxygen atoms in total. The van der Waals surface area contributed by atoms with E-state index in [9.17, 15) is 0 Å². The topological polar surface area (TPSA) is 52.5 Å². The number of methoxy groups -OCH3 is 1. The smallest absolute Gasteiger partial charge is 0.119 e. The first-order valence-corrected chi connectivity index (χ1v) is 6.62. The summed E-state index contributed by atoms with van der Waals surface area (Å²) in [6.07, 6.45) is 4.71. The standard InChI is InChI=1S/C16H17N3O/c1-20-15-4-2-3-12(10-15)13-6-8-19-14(9-13)11-18-16(19)5-7-17/h2-4,6,8-11H,5,7,17H2,1H3. The lowest BCUT2D eigenvalue weighted by molar-refractivity contribution is 0.415. The van der Waals surface area contributed by atoms with Gasteiger partial charge in [-0.15, -0.1) is 0 Å². The summed E-state index contributed by atoms with van der Waals surface area (Å²) in [6, 6.07) is 12.3. The predicted octanol–water partition coefficient (Wildman–Crippen LogP) is 2.51. The molecule has 3 rings (SSSR count). The zero-order valence-electron chi connectivity index (χ0n) is 11.4. The second kappa shape index (κ2) is 5.35. The summed E-state index contributed by atoms with van der Waals surface area (Å²) in [5.74, 6) is 1.86. The Morgan fingerprint density at radius 1 is 1.20 bits per heavy atom. The molecule has 4 heteroatoms. The van der Waals surface area contributed by atoms with Crippen LogP contribution >= 0.6 is 0 Å². The monoisotopic (exact) mass is 267 g/mol. The van der Waals surface area contributed by atoms with Crippen molar-refractivity contribution in [3.05, 3.63) is 54.6 Å². The molecule has 2 N–H and O–H groups in total. The number of imidazole rings is 1. The van der Waals surface area contributed by atoms with Gasteiger partial charge in [0.2, 0.25) is 0 Å². The first-order valence-electron chi connectivity index (χ1n) is 6.62. The number of rotatable bonds is 4. The summed E-state index contributed by atoms with van der Waals surface area (Å²) < 4.78 is 7.35. The van der Waals surface area contributed by atoms with Crippen LogP contribution in [0.3, 0.4) is 0 Å². The molecule has 20 heavy (non-hydrogen) atoms. The lowest BCUT2D eigenvalue weighted by Crippen LogP contribution is -2.06. The zero-order chi connectivity index (χ0) is 13.9. The summed E-state index contributed by atoms with van der Waals surface area (Å²) in [5.41, 5.74) is 8.96. The Balaban J connectivity index is 2.04. The second-order valence-electron chi connectivity index (χ2n) is 4.66. The number of fused-ring (bicyclic) bond motifs is 1. The normalized spacial score (nSPS) is 10.9. The summed E-state index contributed by atoms with van der Waals surface area (Å²) >= 11 is 0. The van der Waals surface area contributed by atoms with Gasteiger partial charge in [-0.05, 0) is 41.9 Å². The Hall–Kier alpha value is -2.33. The van der Waals surface area contributed by atoms with E-state index < -0.39 is 0 Å². The highest BCUT2D eigenvalue weighted by Gasteiger charge is 2.05. The van der Waals surface area contributed by atoms with Crippen molar-refractivity contribution in [3.63, 3.8) is 0 Å². The van der Waals surface area contributed by atoms with Crippen LogP contribution in [0.2, 0.25) is 0 Å². The third-order valence-corrected chi connectivity index (χ3v) is 3.38. The van der Waals surface area contributed by atoms with E-state index in [1.54, 1.807) is 7.11 Å². The van der Waals surface area contributed by atoms with Gasteiger partial charge < -0.3 is 14.9 Å². The van der Waals surface area contributed by atoms with E-state index in [-0.39, 0.29) is 0 Å². The number of benzene rings is 1. The quantitative estimate of drug-likeness (QED) is 0.790. The van der Waals surface area contributed by atoms with E-state index >= 15 is 0 Å². The third-order valence-electron chi connectivity index (χ3n) is 3.38. The first kappa shape index (κ1) is 12.7. The zero-order valence-corrected chi connectivity index (χ0v) is 11.4. The molecule has 0 radical (unpaired) electrons. The molecule has 0 amide bonds. The number of aromatic nitrogens is 2. The molecule has 0 saturated heterocycles. The number of nitrogens with zero attached hydrogens (tertiary/aromatic N) is 2. The number of pyridine rings is 1. The van der Waals surface area contributed by atoms with Gasteiger partial charge in [0, 0.05) is 12.6 Å². The van der Waals surface area contributed by atoms with Crippen LogP contribution in [0.4, 0.5) is 0 Å². The molecule has 102 valence electrons. The fourth-order valence-corrected chi connectivity index (χ4v) is 2.35. The van der Waals surface area contributed by atoms with Crippen LogP contribution in [0.5, 0.6) is 5.75 Å². The SMILES string of the molecule is COc1cccc(-c2ccn3c(CCN)ncc3c2)c1. The fraction of sp³-hybridized carbons (Fsp3) is 0.188. The van der Waals surface area contributed by atoms with Crippen molar-refractivity contribution in [2.45, 2.75) is 6.42 Å². The van der Waals surface area contributed by atoms with Crippen LogP contribution in [0.25, 0.3) is 16.6 Å². The van der Waals surface area contributed by atoms with Gasteiger partial charge in [0.05, 0.1) is 18.8 Å². The average molecular weight is 267 g/mol. The van der Waals surface area contributed by atoms with Gasteiger partial charge in [0.25, 0.3) is 0 Å². The highest BCUT2D eigenvalue weighted by Crippen LogP contribution is 2.25. The van der Waals surface area contributed by atoms with Crippen LogP contribution in [0.15, 0.2) is 48.8 Å². The maximum absolute atomic E-state index is 5.60. The van der Waals surface area contributed by atoms with Gasteiger partial charge in [-0.3, -0.25) is 0 Å². The van der Waals surface area contributed by atoms with Crippen LogP contribution in [0, 0.1) is 0 Å². The van der Waals surface area contributed by atoms with E-state index in [0.717, 1.165) is 34.6 Å². The van der Waals surface area contributed by atoms with E-state index in [2.05, 4.69) is 27.6 Å². The van der Waals surface area contributed by atoms with Crippen molar-refractivity contribution in [1.82, 2.24) is 9.38 Å². The third kappa shape index (κ3) is 2.26. The van der Waals surface area contributed by atoms with Crippen molar-refractivity contribution in [3.8, 4) is 16.9 Å². The van der Waals surface area contributed by atoms with Crippen molar-refractivity contribution < 1.29 is 4.74 Å². The van der Waals surface area contributed by atoms with Gasteiger partial charge >= 0.3 is 0 Å². The maximum atomic E-state index is 5.60. The molecule has 0 unspecified atom stereocenters. The first-order chi connectivity index (χ1) is 9.81. The van der Waals surface area contributed by atoms with E-state index in [1.165, 1.54) is 0 Å². The molecule has 2 heterocycles. The Morgan fingerprint density at radius 3 is 2.85 bits per heavy atom. The second-order valence-corrected chi connectivity index (χ2v) is 4.66. The Morgan fingerprint density at radius 2 is 2.05 bits per heavy atom. The molecular formula is C16H17N3O. The molecule has 0 fully saturated rings. The largest absolute Gasteiger partial charge is 0.497 e. The van der Waals surface area contributed by atoms with E-state index in [4.69, 9.17) is 10.5 Å². The molecule has 0 saturated carbocycles. The summed E-state index contributed by atoms with van der Waals surface area (Å²) in [6.45, 7) is 0.608. The highest BCUT2D eigenvalue weighted by atomic mass is 16.5. The van der Waals surface area contributed by atoms with Crippen LogP contribution in [0.1, 0.15) is 5.82 Å². The number of hydrogen-bond acceptors (Lipinski definition) is 3. The Bertz CT molecular complexity index is 733. The van der Waals surface area contributed by atoms with Crippen molar-refractivity contribution >= 4 is 5.52 Å². The molecule has 0 aliphatic rings. The van der Waals surface area contributed by atoms with Crippen LogP contribution < -0.4 is 10.5 Å². The minimum absolute atomic E-state index is 0.608. The molecule has 2 aromatic heterocycles. The summed E-state index contributed by atoms with van der Waals surface area (Å²) in [5, 5.41) is 0. The summed E-state index contributed by atoms with van der Waals surface area (Å²) in [4.78, 5) is 4.41. The molecule has 0 aliphatic carbocycles. The minimum Gasteiger partial charge on any atom is -0.497 e. The van der Waals surface area contributed by atoms with Crippen molar-refractivity contribution in [1.29, 1.82) is 0 Å². The van der Waals surface area contributed by atoms with E-state index in [1.807, 2.05) is 30.6 Å². The molecule has 3 aromatic rings. The van der Waals surface area contributed by atoms with Crippen molar-refractivity contribution in [2.75, 3.05) is 13.7 Å². The molecule has 0 bridgehead atoms. The van der Waals surface area contributed by atoms with Gasteiger partial charge in [-0.1, -0.05) is 12.1 Å². The molecule has 0 atom stereocenters. The number of ether oxygens (including phenoxy) is 1. The van der Waals surface area contributed by atoms with Gasteiger partial charge in [-0.2, -0.15) is 0 Å². The summed E-state index contributed by atoms with van der Waals surface area (Å²) in [7, 11) is 1.68. The fourth-order valence-electron chi connectivity index (χ4n) is 2.35. The molecule has 1 aromatic carbocycles. The van der Waals surface area contributed by atoms with Gasteiger partial charge in [-0.25, -0.2) is 4.98 Å². The molecular weight excluding hydrogens is 250 g/mol. The molecule has 0 spiro atoms. The van der Waals surface area contributed by atoms with E-state index in [0.29, 0.717) is 6.54 Å². The van der Waals surface area contributed by atoms with Gasteiger partial charge in [0.1, 0.15) is 11.6 Å². The average Bonchev–Trinajstić information content (AvgIpc) is 2.90. The predicted molar refractivity (Wildman–Crippen MR) is 79.9 cm³/mol. The lowest BCUT2D eigenvalue weighted by atomic mass is 10.1.